The summed E-state index contributed by atoms with van der Waals surface area (Å²) >= 11 is 0. The Morgan fingerprint density at radius 3 is 2.57 bits per heavy atom. The smallest absolute Gasteiger partial charge is 0.237 e. The van der Waals surface area contributed by atoms with Crippen LogP contribution in [0, 0.1) is 0 Å². The van der Waals surface area contributed by atoms with Crippen LogP contribution in [0.2, 0.25) is 0 Å². The lowest BCUT2D eigenvalue weighted by atomic mass is 10.0. The number of rotatable bonds is 6. The molecule has 3 nitrogen and oxygen atoms in total. The van der Waals surface area contributed by atoms with Crippen molar-refractivity contribution < 1.29 is 4.79 Å². The van der Waals surface area contributed by atoms with E-state index in [0.29, 0.717) is 6.54 Å². The molecule has 0 aromatic rings. The number of hydrogen-bond acceptors (Lipinski definition) is 2. The van der Waals surface area contributed by atoms with Crippen LogP contribution in [-0.4, -0.2) is 24.0 Å². The zero-order valence-corrected chi connectivity index (χ0v) is 9.68. The number of nitrogens with one attached hydrogen (secondary N) is 2. The summed E-state index contributed by atoms with van der Waals surface area (Å²) in [6.45, 7) is 12.2. The molecule has 1 atom stereocenters. The van der Waals surface area contributed by atoms with E-state index in [1.807, 2.05) is 20.8 Å². The topological polar surface area (TPSA) is 41.1 Å². The molecule has 0 aromatic heterocycles. The van der Waals surface area contributed by atoms with Gasteiger partial charge in [0.2, 0.25) is 5.91 Å². The summed E-state index contributed by atoms with van der Waals surface area (Å²) in [4.78, 5) is 11.6. The van der Waals surface area contributed by atoms with Crippen LogP contribution in [0.25, 0.3) is 0 Å². The third-order valence-electron chi connectivity index (χ3n) is 2.31. The lowest BCUT2D eigenvalue weighted by Crippen LogP contribution is -2.50. The number of carbonyl (C=O) groups is 1. The highest BCUT2D eigenvalue weighted by molar-refractivity contribution is 5.81. The van der Waals surface area contributed by atoms with Crippen molar-refractivity contribution in [3.8, 4) is 0 Å². The number of carbonyl (C=O) groups excluding carboxylic acids is 1. The summed E-state index contributed by atoms with van der Waals surface area (Å²) in [5, 5.41) is 6.03. The molecule has 0 rings (SSSR count). The summed E-state index contributed by atoms with van der Waals surface area (Å²) < 4.78 is 0. The monoisotopic (exact) mass is 198 g/mol. The molecule has 0 saturated heterocycles. The van der Waals surface area contributed by atoms with Gasteiger partial charge in [-0.3, -0.25) is 4.79 Å². The van der Waals surface area contributed by atoms with E-state index in [1.165, 1.54) is 0 Å². The minimum atomic E-state index is -0.168. The molecule has 3 heteroatoms. The molecule has 0 aliphatic heterocycles. The van der Waals surface area contributed by atoms with E-state index in [9.17, 15) is 4.79 Å². The van der Waals surface area contributed by atoms with Gasteiger partial charge in [-0.1, -0.05) is 13.0 Å². The standard InChI is InChI=1S/C11H22N2O/c1-6-8-12-9(3)10(14)13-11(4,5)7-2/h6,9,12H,1,7-8H2,2-5H3,(H,13,14). The minimum Gasteiger partial charge on any atom is -0.350 e. The first kappa shape index (κ1) is 13.2. The lowest BCUT2D eigenvalue weighted by molar-refractivity contribution is -0.124. The maximum absolute atomic E-state index is 11.6. The second kappa shape index (κ2) is 5.81. The van der Waals surface area contributed by atoms with Crippen molar-refractivity contribution in [3.05, 3.63) is 12.7 Å². The van der Waals surface area contributed by atoms with Crippen LogP contribution in [0.15, 0.2) is 12.7 Å². The van der Waals surface area contributed by atoms with Crippen LogP contribution in [0.4, 0.5) is 0 Å². The van der Waals surface area contributed by atoms with Crippen molar-refractivity contribution in [1.29, 1.82) is 0 Å². The molecular weight excluding hydrogens is 176 g/mol. The quantitative estimate of drug-likeness (QED) is 0.634. The van der Waals surface area contributed by atoms with Crippen LogP contribution in [0.5, 0.6) is 0 Å². The molecule has 82 valence electrons. The first-order chi connectivity index (χ1) is 6.43. The van der Waals surface area contributed by atoms with Gasteiger partial charge in [0, 0.05) is 12.1 Å². The van der Waals surface area contributed by atoms with Gasteiger partial charge in [0.05, 0.1) is 6.04 Å². The molecule has 0 aromatic carbocycles. The van der Waals surface area contributed by atoms with Gasteiger partial charge >= 0.3 is 0 Å². The maximum Gasteiger partial charge on any atom is 0.237 e. The van der Waals surface area contributed by atoms with Gasteiger partial charge in [-0.25, -0.2) is 0 Å². The fraction of sp³-hybridized carbons (Fsp3) is 0.727. The first-order valence-electron chi connectivity index (χ1n) is 5.09. The SMILES string of the molecule is C=CCNC(C)C(=O)NC(C)(C)CC. The normalized spacial score (nSPS) is 13.4. The summed E-state index contributed by atoms with van der Waals surface area (Å²) in [6.07, 6.45) is 2.67. The maximum atomic E-state index is 11.6. The Morgan fingerprint density at radius 1 is 1.57 bits per heavy atom. The molecule has 0 radical (unpaired) electrons. The lowest BCUT2D eigenvalue weighted by Gasteiger charge is -2.26. The van der Waals surface area contributed by atoms with Gasteiger partial charge < -0.3 is 10.6 Å². The zero-order chi connectivity index (χ0) is 11.2. The molecule has 0 aliphatic carbocycles. The zero-order valence-electron chi connectivity index (χ0n) is 9.68. The molecule has 2 N–H and O–H groups in total. The summed E-state index contributed by atoms with van der Waals surface area (Å²) in [7, 11) is 0. The van der Waals surface area contributed by atoms with Gasteiger partial charge in [-0.15, -0.1) is 6.58 Å². The van der Waals surface area contributed by atoms with Crippen molar-refractivity contribution >= 4 is 5.91 Å². The molecule has 0 bridgehead atoms. The van der Waals surface area contributed by atoms with E-state index >= 15 is 0 Å². The second-order valence-corrected chi connectivity index (χ2v) is 4.15. The third-order valence-corrected chi connectivity index (χ3v) is 2.31. The number of hydrogen-bond donors (Lipinski definition) is 2. The molecule has 1 unspecified atom stereocenters. The van der Waals surface area contributed by atoms with Gasteiger partial charge in [-0.2, -0.15) is 0 Å². The molecule has 0 aliphatic rings. The molecular formula is C11H22N2O. The molecule has 0 fully saturated rings. The highest BCUT2D eigenvalue weighted by Crippen LogP contribution is 2.06. The van der Waals surface area contributed by atoms with E-state index in [-0.39, 0.29) is 17.5 Å². The van der Waals surface area contributed by atoms with Crippen LogP contribution < -0.4 is 10.6 Å². The predicted octanol–water partition coefficient (Wildman–Crippen LogP) is 1.46. The van der Waals surface area contributed by atoms with E-state index in [1.54, 1.807) is 6.08 Å². The predicted molar refractivity (Wildman–Crippen MR) is 60.2 cm³/mol. The average molecular weight is 198 g/mol. The fourth-order valence-electron chi connectivity index (χ4n) is 0.883. The summed E-state index contributed by atoms with van der Waals surface area (Å²) in [6, 6.07) is -0.168. The van der Waals surface area contributed by atoms with Crippen LogP contribution in [0.3, 0.4) is 0 Å². The summed E-state index contributed by atoms with van der Waals surface area (Å²) in [5.74, 6) is 0.0405. The van der Waals surface area contributed by atoms with Crippen molar-refractivity contribution in [3.63, 3.8) is 0 Å². The molecule has 14 heavy (non-hydrogen) atoms. The number of amides is 1. The summed E-state index contributed by atoms with van der Waals surface area (Å²) in [5.41, 5.74) is -0.124. The molecule has 0 heterocycles. The van der Waals surface area contributed by atoms with Crippen molar-refractivity contribution in [2.24, 2.45) is 0 Å². The highest BCUT2D eigenvalue weighted by Gasteiger charge is 2.20. The van der Waals surface area contributed by atoms with E-state index in [2.05, 4.69) is 24.1 Å². The Morgan fingerprint density at radius 2 is 2.14 bits per heavy atom. The first-order valence-corrected chi connectivity index (χ1v) is 5.09. The van der Waals surface area contributed by atoms with Crippen LogP contribution in [0.1, 0.15) is 34.1 Å². The van der Waals surface area contributed by atoms with Gasteiger partial charge in [0.25, 0.3) is 0 Å². The Balaban J connectivity index is 4.00. The van der Waals surface area contributed by atoms with Crippen LogP contribution >= 0.6 is 0 Å². The Bertz CT molecular complexity index is 199. The largest absolute Gasteiger partial charge is 0.350 e. The minimum absolute atomic E-state index is 0.0405. The highest BCUT2D eigenvalue weighted by atomic mass is 16.2. The molecule has 0 saturated carbocycles. The third kappa shape index (κ3) is 5.02. The van der Waals surface area contributed by atoms with Crippen LogP contribution in [-0.2, 0) is 4.79 Å². The van der Waals surface area contributed by atoms with Crippen molar-refractivity contribution in [2.45, 2.75) is 45.7 Å². The Kier molecular flexibility index (Phi) is 5.46. The van der Waals surface area contributed by atoms with Crippen molar-refractivity contribution in [2.75, 3.05) is 6.54 Å². The van der Waals surface area contributed by atoms with Gasteiger partial charge in [0.15, 0.2) is 0 Å². The van der Waals surface area contributed by atoms with E-state index in [4.69, 9.17) is 0 Å². The Hall–Kier alpha value is -0.830. The van der Waals surface area contributed by atoms with E-state index < -0.39 is 0 Å². The second-order valence-electron chi connectivity index (χ2n) is 4.15. The van der Waals surface area contributed by atoms with E-state index in [0.717, 1.165) is 6.42 Å². The Labute approximate surface area is 87.0 Å². The average Bonchev–Trinajstić information content (AvgIpc) is 2.13. The molecule has 1 amide bonds. The van der Waals surface area contributed by atoms with Gasteiger partial charge in [0.1, 0.15) is 0 Å². The fourth-order valence-corrected chi connectivity index (χ4v) is 0.883. The van der Waals surface area contributed by atoms with Crippen molar-refractivity contribution in [1.82, 2.24) is 10.6 Å². The van der Waals surface area contributed by atoms with Gasteiger partial charge in [-0.05, 0) is 27.2 Å². The molecule has 0 spiro atoms.